The monoisotopic (exact) mass is 352 g/mol. The summed E-state index contributed by atoms with van der Waals surface area (Å²) in [6.07, 6.45) is 3.10. The van der Waals surface area contributed by atoms with Gasteiger partial charge in [0, 0.05) is 17.8 Å². The van der Waals surface area contributed by atoms with Crippen LogP contribution in [0.2, 0.25) is 5.02 Å². The van der Waals surface area contributed by atoms with E-state index in [0.29, 0.717) is 5.69 Å². The molecule has 0 fully saturated rings. The van der Waals surface area contributed by atoms with Gasteiger partial charge in [0.05, 0.1) is 4.92 Å². The Morgan fingerprint density at radius 2 is 1.84 bits per heavy atom. The maximum absolute atomic E-state index is 12.1. The highest BCUT2D eigenvalue weighted by atomic mass is 35.5. The maximum atomic E-state index is 12.1. The number of hydrogen-bond acceptors (Lipinski definition) is 3. The lowest BCUT2D eigenvalue weighted by molar-refractivity contribution is -0.384. The Morgan fingerprint density at radius 3 is 2.64 bits per heavy atom. The molecule has 0 saturated heterocycles. The molecule has 0 radical (unpaired) electrons. The van der Waals surface area contributed by atoms with E-state index < -0.39 is 4.92 Å². The van der Waals surface area contributed by atoms with Gasteiger partial charge in [-0.05, 0) is 34.5 Å². The van der Waals surface area contributed by atoms with Crippen LogP contribution in [0, 0.1) is 10.1 Å². The average Bonchev–Trinajstić information content (AvgIpc) is 2.61. The van der Waals surface area contributed by atoms with Crippen molar-refractivity contribution in [2.45, 2.75) is 0 Å². The van der Waals surface area contributed by atoms with Gasteiger partial charge in [-0.1, -0.05) is 54.1 Å². The summed E-state index contributed by atoms with van der Waals surface area (Å²) in [4.78, 5) is 22.4. The van der Waals surface area contributed by atoms with Crippen LogP contribution >= 0.6 is 11.6 Å². The normalized spacial score (nSPS) is 10.9. The van der Waals surface area contributed by atoms with Crippen molar-refractivity contribution in [1.82, 2.24) is 0 Å². The molecule has 0 spiro atoms. The second kappa shape index (κ2) is 7.15. The predicted octanol–water partition coefficient (Wildman–Crippen LogP) is 5.05. The Kier molecular flexibility index (Phi) is 4.77. The third kappa shape index (κ3) is 3.84. The van der Waals surface area contributed by atoms with Gasteiger partial charge in [0.1, 0.15) is 5.02 Å². The fourth-order valence-corrected chi connectivity index (χ4v) is 2.66. The third-order valence-corrected chi connectivity index (χ3v) is 3.97. The number of carbonyl (C=O) groups excluding carboxylic acids is 1. The number of carbonyl (C=O) groups is 1. The molecule has 0 aliphatic heterocycles. The van der Waals surface area contributed by atoms with E-state index in [1.54, 1.807) is 6.08 Å². The van der Waals surface area contributed by atoms with Gasteiger partial charge in [0.15, 0.2) is 0 Å². The summed E-state index contributed by atoms with van der Waals surface area (Å²) in [5, 5.41) is 15.6. The number of nitrogens with zero attached hydrogens (tertiary/aromatic N) is 1. The number of nitro benzene ring substituents is 1. The van der Waals surface area contributed by atoms with Gasteiger partial charge in [-0.25, -0.2) is 0 Å². The van der Waals surface area contributed by atoms with Crippen molar-refractivity contribution in [2.75, 3.05) is 5.32 Å². The van der Waals surface area contributed by atoms with Crippen molar-refractivity contribution in [1.29, 1.82) is 0 Å². The standard InChI is InChI=1S/C19H13ClN2O3/c20-17-10-9-15(12-18(17)22(24)25)21-19(23)11-8-14-6-3-5-13-4-1-2-7-16(13)14/h1-12H,(H,21,23). The lowest BCUT2D eigenvalue weighted by Crippen LogP contribution is -2.08. The van der Waals surface area contributed by atoms with Gasteiger partial charge in [-0.2, -0.15) is 0 Å². The van der Waals surface area contributed by atoms with Crippen LogP contribution in [0.1, 0.15) is 5.56 Å². The topological polar surface area (TPSA) is 72.2 Å². The van der Waals surface area contributed by atoms with Crippen LogP contribution in [0.4, 0.5) is 11.4 Å². The van der Waals surface area contributed by atoms with Crippen molar-refractivity contribution in [3.63, 3.8) is 0 Å². The Hall–Kier alpha value is -3.18. The number of hydrogen-bond donors (Lipinski definition) is 1. The predicted molar refractivity (Wildman–Crippen MR) is 99.7 cm³/mol. The van der Waals surface area contributed by atoms with Crippen LogP contribution in [0.3, 0.4) is 0 Å². The Bertz CT molecular complexity index is 994. The number of benzene rings is 3. The summed E-state index contributed by atoms with van der Waals surface area (Å²) < 4.78 is 0. The molecule has 0 atom stereocenters. The number of fused-ring (bicyclic) bond motifs is 1. The number of anilines is 1. The van der Waals surface area contributed by atoms with E-state index in [-0.39, 0.29) is 16.6 Å². The molecule has 6 heteroatoms. The minimum atomic E-state index is -0.593. The number of rotatable bonds is 4. The van der Waals surface area contributed by atoms with E-state index in [9.17, 15) is 14.9 Å². The van der Waals surface area contributed by atoms with Crippen molar-refractivity contribution >= 4 is 45.7 Å². The molecule has 1 N–H and O–H groups in total. The fraction of sp³-hybridized carbons (Fsp3) is 0. The van der Waals surface area contributed by atoms with E-state index >= 15 is 0 Å². The molecule has 0 saturated carbocycles. The van der Waals surface area contributed by atoms with E-state index in [4.69, 9.17) is 11.6 Å². The molecule has 124 valence electrons. The first-order valence-electron chi connectivity index (χ1n) is 7.45. The smallest absolute Gasteiger partial charge is 0.289 e. The molecule has 0 heterocycles. The summed E-state index contributed by atoms with van der Waals surface area (Å²) in [7, 11) is 0. The first-order valence-corrected chi connectivity index (χ1v) is 7.83. The molecule has 0 aliphatic carbocycles. The number of nitro groups is 1. The van der Waals surface area contributed by atoms with Crippen LogP contribution in [-0.2, 0) is 4.79 Å². The number of halogens is 1. The van der Waals surface area contributed by atoms with Gasteiger partial charge >= 0.3 is 0 Å². The average molecular weight is 353 g/mol. The highest BCUT2D eigenvalue weighted by Crippen LogP contribution is 2.27. The number of amides is 1. The SMILES string of the molecule is O=C(C=Cc1cccc2ccccc12)Nc1ccc(Cl)c([N+](=O)[O-])c1. The van der Waals surface area contributed by atoms with Gasteiger partial charge in [-0.15, -0.1) is 0 Å². The van der Waals surface area contributed by atoms with Crippen molar-refractivity contribution in [3.05, 3.63) is 87.4 Å². The van der Waals surface area contributed by atoms with Gasteiger partial charge in [0.2, 0.25) is 5.91 Å². The van der Waals surface area contributed by atoms with Crippen molar-refractivity contribution < 1.29 is 9.72 Å². The lowest BCUT2D eigenvalue weighted by atomic mass is 10.0. The highest BCUT2D eigenvalue weighted by Gasteiger charge is 2.13. The minimum Gasteiger partial charge on any atom is -0.322 e. The lowest BCUT2D eigenvalue weighted by Gasteiger charge is -2.04. The minimum absolute atomic E-state index is 0.0225. The summed E-state index contributed by atoms with van der Waals surface area (Å²) in [6.45, 7) is 0. The first kappa shape index (κ1) is 16.7. The van der Waals surface area contributed by atoms with Crippen LogP contribution in [-0.4, -0.2) is 10.8 Å². The second-order valence-corrected chi connectivity index (χ2v) is 5.72. The molecule has 3 aromatic carbocycles. The molecule has 0 aromatic heterocycles. The van der Waals surface area contributed by atoms with Crippen molar-refractivity contribution in [2.24, 2.45) is 0 Å². The number of nitrogens with one attached hydrogen (secondary N) is 1. The van der Waals surface area contributed by atoms with Crippen LogP contribution < -0.4 is 5.32 Å². The molecular weight excluding hydrogens is 340 g/mol. The largest absolute Gasteiger partial charge is 0.322 e. The Morgan fingerprint density at radius 1 is 1.08 bits per heavy atom. The van der Waals surface area contributed by atoms with Gasteiger partial charge in [-0.3, -0.25) is 14.9 Å². The third-order valence-electron chi connectivity index (χ3n) is 3.65. The zero-order valence-electron chi connectivity index (χ0n) is 13.0. The quantitative estimate of drug-likeness (QED) is 0.405. The van der Waals surface area contributed by atoms with Crippen molar-refractivity contribution in [3.8, 4) is 0 Å². The molecule has 0 bridgehead atoms. The summed E-state index contributed by atoms with van der Waals surface area (Å²) in [6, 6.07) is 17.8. The molecule has 3 rings (SSSR count). The van der Waals surface area contributed by atoms with E-state index in [1.807, 2.05) is 42.5 Å². The highest BCUT2D eigenvalue weighted by molar-refractivity contribution is 6.32. The molecule has 5 nitrogen and oxygen atoms in total. The molecule has 0 unspecified atom stereocenters. The first-order chi connectivity index (χ1) is 12.0. The van der Waals surface area contributed by atoms with E-state index in [2.05, 4.69) is 5.32 Å². The molecular formula is C19H13ClN2O3. The van der Waals surface area contributed by atoms with Gasteiger partial charge < -0.3 is 5.32 Å². The summed E-state index contributed by atoms with van der Waals surface area (Å²) in [5.41, 5.74) is 0.969. The van der Waals surface area contributed by atoms with E-state index in [1.165, 1.54) is 24.3 Å². The van der Waals surface area contributed by atoms with Crippen LogP contribution in [0.25, 0.3) is 16.8 Å². The molecule has 25 heavy (non-hydrogen) atoms. The zero-order chi connectivity index (χ0) is 17.8. The fourth-order valence-electron chi connectivity index (χ4n) is 2.48. The molecule has 0 aliphatic rings. The summed E-state index contributed by atoms with van der Waals surface area (Å²) in [5.74, 6) is -0.385. The molecule has 3 aromatic rings. The summed E-state index contributed by atoms with van der Waals surface area (Å²) >= 11 is 5.76. The maximum Gasteiger partial charge on any atom is 0.289 e. The van der Waals surface area contributed by atoms with Crippen LogP contribution in [0.5, 0.6) is 0 Å². The van der Waals surface area contributed by atoms with E-state index in [0.717, 1.165) is 16.3 Å². The zero-order valence-corrected chi connectivity index (χ0v) is 13.7. The Balaban J connectivity index is 1.79. The Labute approximate surface area is 148 Å². The van der Waals surface area contributed by atoms with Crippen LogP contribution in [0.15, 0.2) is 66.7 Å². The molecule has 1 amide bonds. The van der Waals surface area contributed by atoms with Gasteiger partial charge in [0.25, 0.3) is 5.69 Å². The second-order valence-electron chi connectivity index (χ2n) is 5.31.